The first kappa shape index (κ1) is 20.7. The van der Waals surface area contributed by atoms with Gasteiger partial charge < -0.3 is 10.5 Å². The van der Waals surface area contributed by atoms with E-state index in [1.54, 1.807) is 0 Å². The molecule has 0 saturated carbocycles. The van der Waals surface area contributed by atoms with E-state index in [1.807, 2.05) is 6.92 Å². The average molecular weight is 399 g/mol. The second-order valence-electron chi connectivity index (χ2n) is 5.72. The second-order valence-corrected chi connectivity index (χ2v) is 6.13. The van der Waals surface area contributed by atoms with E-state index in [1.165, 1.54) is 17.7 Å². The maximum atomic E-state index is 13.3. The number of hydrogen-bond acceptors (Lipinski definition) is 5. The Morgan fingerprint density at radius 2 is 2.11 bits per heavy atom. The summed E-state index contributed by atoms with van der Waals surface area (Å²) in [4.78, 5) is 40.7. The van der Waals surface area contributed by atoms with Crippen LogP contribution in [-0.2, 0) is 11.3 Å². The maximum absolute atomic E-state index is 13.3. The van der Waals surface area contributed by atoms with Gasteiger partial charge in [0.1, 0.15) is 11.6 Å². The van der Waals surface area contributed by atoms with E-state index < -0.39 is 23.0 Å². The number of methoxy groups -OCH3 is 1. The van der Waals surface area contributed by atoms with Crippen LogP contribution < -0.4 is 21.9 Å². The molecule has 8 nitrogen and oxygen atoms in total. The van der Waals surface area contributed by atoms with Crippen LogP contribution in [0.4, 0.5) is 15.9 Å². The van der Waals surface area contributed by atoms with Crippen molar-refractivity contribution in [3.8, 4) is 0 Å². The summed E-state index contributed by atoms with van der Waals surface area (Å²) in [5.41, 5.74) is 4.36. The second kappa shape index (κ2) is 8.83. The summed E-state index contributed by atoms with van der Waals surface area (Å²) >= 11 is 5.98. The molecule has 146 valence electrons. The number of nitrogens with zero attached hydrogens (tertiary/aromatic N) is 2. The van der Waals surface area contributed by atoms with Crippen molar-refractivity contribution in [3.05, 3.63) is 55.4 Å². The largest absolute Gasteiger partial charge is 0.383 e. The lowest BCUT2D eigenvalue weighted by molar-refractivity contribution is 0.0975. The van der Waals surface area contributed by atoms with Crippen molar-refractivity contribution >= 4 is 29.0 Å². The van der Waals surface area contributed by atoms with Gasteiger partial charge in [0.15, 0.2) is 5.69 Å². The van der Waals surface area contributed by atoms with Crippen LogP contribution in [0, 0.1) is 5.82 Å². The number of nitrogens with one attached hydrogen (secondary N) is 1. The van der Waals surface area contributed by atoms with Gasteiger partial charge in [0.05, 0.1) is 17.2 Å². The number of halogens is 2. The van der Waals surface area contributed by atoms with E-state index in [2.05, 4.69) is 4.98 Å². The molecule has 0 fully saturated rings. The number of nitrogen functional groups attached to an aromatic ring is 1. The van der Waals surface area contributed by atoms with Crippen LogP contribution in [0.2, 0.25) is 5.02 Å². The summed E-state index contributed by atoms with van der Waals surface area (Å²) in [5, 5.41) is -0.112. The number of H-pyrrole nitrogens is 1. The monoisotopic (exact) mass is 398 g/mol. The van der Waals surface area contributed by atoms with Crippen molar-refractivity contribution in [2.75, 3.05) is 30.9 Å². The van der Waals surface area contributed by atoms with Crippen LogP contribution in [0.5, 0.6) is 0 Å². The molecule has 0 bridgehead atoms. The Balaban J connectivity index is 2.63. The molecular weight excluding hydrogens is 379 g/mol. The predicted molar refractivity (Wildman–Crippen MR) is 101 cm³/mol. The predicted octanol–water partition coefficient (Wildman–Crippen LogP) is 1.61. The van der Waals surface area contributed by atoms with E-state index in [4.69, 9.17) is 22.1 Å². The van der Waals surface area contributed by atoms with Crippen molar-refractivity contribution in [2.45, 2.75) is 19.9 Å². The lowest BCUT2D eigenvalue weighted by Crippen LogP contribution is -2.42. The zero-order valence-corrected chi connectivity index (χ0v) is 15.7. The van der Waals surface area contributed by atoms with E-state index in [0.29, 0.717) is 6.42 Å². The quantitative estimate of drug-likeness (QED) is 0.736. The number of carbonyl (C=O) groups is 1. The fourth-order valence-corrected chi connectivity index (χ4v) is 2.84. The lowest BCUT2D eigenvalue weighted by atomic mass is 10.1. The van der Waals surface area contributed by atoms with Crippen molar-refractivity contribution in [1.29, 1.82) is 0 Å². The molecule has 2 aromatic rings. The minimum absolute atomic E-state index is 0.0128. The molecule has 1 amide bonds. The van der Waals surface area contributed by atoms with Gasteiger partial charge in [-0.25, -0.2) is 9.18 Å². The number of hydrogen-bond donors (Lipinski definition) is 2. The van der Waals surface area contributed by atoms with Gasteiger partial charge in [-0.05, 0) is 24.6 Å². The molecule has 1 aromatic heterocycles. The molecule has 0 aliphatic rings. The SMILES string of the molecule is CCCn1c(N)c(N(CCOC)C(=O)c2ccc(F)cc2Cl)c(=O)[nH]c1=O. The maximum Gasteiger partial charge on any atom is 0.330 e. The van der Waals surface area contributed by atoms with E-state index in [-0.39, 0.29) is 41.8 Å². The highest BCUT2D eigenvalue weighted by molar-refractivity contribution is 6.34. The van der Waals surface area contributed by atoms with E-state index in [0.717, 1.165) is 17.0 Å². The van der Waals surface area contributed by atoms with Crippen molar-refractivity contribution in [3.63, 3.8) is 0 Å². The summed E-state index contributed by atoms with van der Waals surface area (Å²) in [6.07, 6.45) is 0.589. The van der Waals surface area contributed by atoms with Crippen LogP contribution >= 0.6 is 11.6 Å². The average Bonchev–Trinajstić information content (AvgIpc) is 2.60. The third-order valence-corrected chi connectivity index (χ3v) is 4.17. The molecule has 0 saturated heterocycles. The minimum Gasteiger partial charge on any atom is -0.383 e. The number of aromatic amines is 1. The smallest absolute Gasteiger partial charge is 0.330 e. The lowest BCUT2D eigenvalue weighted by Gasteiger charge is -2.24. The Bertz CT molecular complexity index is 957. The molecule has 1 heterocycles. The van der Waals surface area contributed by atoms with Crippen molar-refractivity contribution in [1.82, 2.24) is 9.55 Å². The van der Waals surface area contributed by atoms with E-state index >= 15 is 0 Å². The fraction of sp³-hybridized carbons (Fsp3) is 0.353. The molecular formula is C17H20ClFN4O4. The Morgan fingerprint density at radius 1 is 1.41 bits per heavy atom. The van der Waals surface area contributed by atoms with E-state index in [9.17, 15) is 18.8 Å². The Hall–Kier alpha value is -2.65. The standard InChI is InChI=1S/C17H20ClFN4O4/c1-3-6-23-14(20)13(15(24)21-17(23)26)22(7-8-27-2)16(25)11-5-4-10(19)9-12(11)18/h4-5,9H,3,6-8,20H2,1-2H3,(H,21,24,26). The number of carbonyl (C=O) groups excluding carboxylic acids is 1. The van der Waals surface area contributed by atoms with Gasteiger partial charge in [-0.3, -0.25) is 24.0 Å². The van der Waals surface area contributed by atoms with Crippen LogP contribution in [0.15, 0.2) is 27.8 Å². The van der Waals surface area contributed by atoms with Gasteiger partial charge in [-0.15, -0.1) is 0 Å². The van der Waals surface area contributed by atoms with Gasteiger partial charge >= 0.3 is 5.69 Å². The number of aromatic nitrogens is 2. The zero-order chi connectivity index (χ0) is 20.1. The number of benzene rings is 1. The van der Waals surface area contributed by atoms with Gasteiger partial charge in [-0.2, -0.15) is 0 Å². The molecule has 0 atom stereocenters. The first-order valence-corrected chi connectivity index (χ1v) is 8.58. The molecule has 27 heavy (non-hydrogen) atoms. The van der Waals surface area contributed by atoms with Gasteiger partial charge in [0, 0.05) is 20.2 Å². The summed E-state index contributed by atoms with van der Waals surface area (Å²) in [7, 11) is 1.43. The van der Waals surface area contributed by atoms with Crippen molar-refractivity contribution in [2.24, 2.45) is 0 Å². The van der Waals surface area contributed by atoms with Crippen LogP contribution in [0.1, 0.15) is 23.7 Å². The molecule has 1 aromatic carbocycles. The van der Waals surface area contributed by atoms with Crippen LogP contribution in [0.25, 0.3) is 0 Å². The third kappa shape index (κ3) is 4.37. The number of nitrogens with two attached hydrogens (primary N) is 1. The molecule has 0 unspecified atom stereocenters. The Morgan fingerprint density at radius 3 is 2.70 bits per heavy atom. The number of rotatable bonds is 7. The van der Waals surface area contributed by atoms with Gasteiger partial charge in [-0.1, -0.05) is 18.5 Å². The number of amides is 1. The van der Waals surface area contributed by atoms with Crippen molar-refractivity contribution < 1.29 is 13.9 Å². The first-order chi connectivity index (χ1) is 12.8. The van der Waals surface area contributed by atoms with Gasteiger partial charge in [0.2, 0.25) is 0 Å². The zero-order valence-electron chi connectivity index (χ0n) is 14.9. The highest BCUT2D eigenvalue weighted by Gasteiger charge is 2.26. The topological polar surface area (TPSA) is 110 Å². The Labute approximate surface area is 159 Å². The highest BCUT2D eigenvalue weighted by atomic mass is 35.5. The summed E-state index contributed by atoms with van der Waals surface area (Å²) < 4.78 is 19.5. The summed E-state index contributed by atoms with van der Waals surface area (Å²) in [6, 6.07) is 3.29. The molecule has 3 N–H and O–H groups in total. The normalized spacial score (nSPS) is 10.8. The summed E-state index contributed by atoms with van der Waals surface area (Å²) in [5.74, 6) is -1.42. The number of ether oxygens (including phenoxy) is 1. The molecule has 0 radical (unpaired) electrons. The Kier molecular flexibility index (Phi) is 6.75. The number of anilines is 2. The molecule has 0 spiro atoms. The van der Waals surface area contributed by atoms with Gasteiger partial charge in [0.25, 0.3) is 11.5 Å². The highest BCUT2D eigenvalue weighted by Crippen LogP contribution is 2.24. The molecule has 0 aliphatic heterocycles. The molecule has 10 heteroatoms. The third-order valence-electron chi connectivity index (χ3n) is 3.86. The molecule has 0 aliphatic carbocycles. The van der Waals surface area contributed by atoms with Crippen LogP contribution in [0.3, 0.4) is 0 Å². The minimum atomic E-state index is -0.812. The molecule has 2 rings (SSSR count). The first-order valence-electron chi connectivity index (χ1n) is 8.20. The fourth-order valence-electron chi connectivity index (χ4n) is 2.59. The van der Waals surface area contributed by atoms with Crippen LogP contribution in [-0.4, -0.2) is 35.7 Å². The summed E-state index contributed by atoms with van der Waals surface area (Å²) in [6.45, 7) is 2.16.